The zero-order valence-corrected chi connectivity index (χ0v) is 16.7. The molecule has 0 aromatic heterocycles. The van der Waals surface area contributed by atoms with E-state index in [0.29, 0.717) is 18.7 Å². The highest BCUT2D eigenvalue weighted by Crippen LogP contribution is 2.23. The Hall–Kier alpha value is -3.46. The number of benzene rings is 2. The highest BCUT2D eigenvalue weighted by molar-refractivity contribution is 5.98. The average Bonchev–Trinajstić information content (AvgIpc) is 3.18. The van der Waals surface area contributed by atoms with Crippen molar-refractivity contribution >= 4 is 23.5 Å². The molecule has 9 heteroatoms. The highest BCUT2D eigenvalue weighted by Gasteiger charge is 2.46. The zero-order valence-electron chi connectivity index (χ0n) is 16.7. The minimum Gasteiger partial charge on any atom is -0.374 e. The Bertz CT molecular complexity index is 954. The first-order valence-corrected chi connectivity index (χ1v) is 10.1. The van der Waals surface area contributed by atoms with Gasteiger partial charge in [0.2, 0.25) is 11.8 Å². The van der Waals surface area contributed by atoms with Crippen molar-refractivity contribution in [2.24, 2.45) is 0 Å². The minimum absolute atomic E-state index is 0.0752. The van der Waals surface area contributed by atoms with Gasteiger partial charge >= 0.3 is 6.03 Å². The molecule has 0 radical (unpaired) electrons. The molecule has 2 saturated heterocycles. The summed E-state index contributed by atoms with van der Waals surface area (Å²) in [4.78, 5) is 39.0. The molecule has 3 N–H and O–H groups in total. The number of hydrogen-bond donors (Lipinski definition) is 3. The van der Waals surface area contributed by atoms with E-state index < -0.39 is 23.9 Å². The Morgan fingerprint density at radius 3 is 2.61 bits per heavy atom. The molecule has 2 aliphatic rings. The Kier molecular flexibility index (Phi) is 6.13. The number of fused-ring (bicyclic) bond motifs is 1. The molecule has 0 spiro atoms. The van der Waals surface area contributed by atoms with E-state index in [2.05, 4.69) is 16.0 Å². The molecule has 0 saturated carbocycles. The fourth-order valence-corrected chi connectivity index (χ4v) is 3.83. The summed E-state index contributed by atoms with van der Waals surface area (Å²) in [6.07, 6.45) is 0.325. The van der Waals surface area contributed by atoms with E-state index in [1.54, 1.807) is 0 Å². The van der Waals surface area contributed by atoms with E-state index >= 15 is 0 Å². The molecule has 4 rings (SSSR count). The molecule has 2 aliphatic heterocycles. The van der Waals surface area contributed by atoms with Crippen LogP contribution in [-0.4, -0.2) is 54.0 Å². The molecule has 0 aliphatic carbocycles. The predicted molar refractivity (Wildman–Crippen MR) is 110 cm³/mol. The lowest BCUT2D eigenvalue weighted by Crippen LogP contribution is -2.62. The van der Waals surface area contributed by atoms with E-state index in [-0.39, 0.29) is 31.0 Å². The summed E-state index contributed by atoms with van der Waals surface area (Å²) in [5.41, 5.74) is 1.42. The van der Waals surface area contributed by atoms with Gasteiger partial charge in [-0.05, 0) is 36.2 Å². The van der Waals surface area contributed by atoms with Crippen LogP contribution >= 0.6 is 0 Å². The summed E-state index contributed by atoms with van der Waals surface area (Å²) >= 11 is 0. The van der Waals surface area contributed by atoms with Crippen LogP contribution in [0.4, 0.5) is 14.9 Å². The minimum atomic E-state index is -0.751. The van der Waals surface area contributed by atoms with Crippen molar-refractivity contribution in [2.75, 3.05) is 18.5 Å². The summed E-state index contributed by atoms with van der Waals surface area (Å²) in [5.74, 6) is -0.873. The molecule has 0 bridgehead atoms. The first kappa shape index (κ1) is 20.8. The van der Waals surface area contributed by atoms with Crippen LogP contribution in [0.3, 0.4) is 0 Å². The van der Waals surface area contributed by atoms with Crippen LogP contribution in [0.25, 0.3) is 0 Å². The third-order valence-corrected chi connectivity index (χ3v) is 5.33. The number of halogens is 1. The van der Waals surface area contributed by atoms with Crippen LogP contribution < -0.4 is 16.0 Å². The molecule has 2 fully saturated rings. The van der Waals surface area contributed by atoms with E-state index in [9.17, 15) is 18.8 Å². The summed E-state index contributed by atoms with van der Waals surface area (Å²) in [5, 5.41) is 8.11. The largest absolute Gasteiger partial charge is 0.374 e. The van der Waals surface area contributed by atoms with Crippen molar-refractivity contribution in [1.29, 1.82) is 0 Å². The average molecular weight is 426 g/mol. The third-order valence-electron chi connectivity index (χ3n) is 5.33. The maximum Gasteiger partial charge on any atom is 0.319 e. The fourth-order valence-electron chi connectivity index (χ4n) is 3.83. The van der Waals surface area contributed by atoms with Crippen LogP contribution in [0.1, 0.15) is 12.0 Å². The summed E-state index contributed by atoms with van der Waals surface area (Å²) in [6, 6.07) is 12.7. The van der Waals surface area contributed by atoms with Crippen LogP contribution in [0, 0.1) is 5.82 Å². The number of nitrogens with zero attached hydrogens (tertiary/aromatic N) is 1. The molecule has 2 aromatic rings. The van der Waals surface area contributed by atoms with Gasteiger partial charge in [0.05, 0.1) is 19.3 Å². The second-order valence-electron chi connectivity index (χ2n) is 7.61. The molecule has 2 aromatic carbocycles. The molecule has 8 nitrogen and oxygen atoms in total. The van der Waals surface area contributed by atoms with Crippen molar-refractivity contribution < 1.29 is 23.5 Å². The van der Waals surface area contributed by atoms with Crippen LogP contribution in [0.5, 0.6) is 0 Å². The number of carbonyl (C=O) groups excluding carboxylic acids is 3. The predicted octanol–water partition coefficient (Wildman–Crippen LogP) is 1.63. The van der Waals surface area contributed by atoms with Gasteiger partial charge in [-0.25, -0.2) is 9.18 Å². The van der Waals surface area contributed by atoms with Crippen LogP contribution in [0.15, 0.2) is 54.6 Å². The number of rotatable bonds is 6. The van der Waals surface area contributed by atoms with Gasteiger partial charge in [-0.2, -0.15) is 0 Å². The fraction of sp³-hybridized carbons (Fsp3) is 0.318. The number of amides is 4. The monoisotopic (exact) mass is 426 g/mol. The second-order valence-corrected chi connectivity index (χ2v) is 7.61. The van der Waals surface area contributed by atoms with E-state index in [1.165, 1.54) is 29.2 Å². The summed E-state index contributed by atoms with van der Waals surface area (Å²) < 4.78 is 18.6. The molecule has 31 heavy (non-hydrogen) atoms. The van der Waals surface area contributed by atoms with Crippen molar-refractivity contribution in [3.8, 4) is 0 Å². The number of nitrogens with one attached hydrogen (secondary N) is 3. The second kappa shape index (κ2) is 9.13. The van der Waals surface area contributed by atoms with Gasteiger partial charge in [0.15, 0.2) is 0 Å². The molecule has 2 heterocycles. The van der Waals surface area contributed by atoms with Crippen molar-refractivity contribution in [3.05, 3.63) is 66.0 Å². The molecule has 0 unspecified atom stereocenters. The maximum atomic E-state index is 13.0. The van der Waals surface area contributed by atoms with Gasteiger partial charge in [0.25, 0.3) is 0 Å². The highest BCUT2D eigenvalue weighted by atomic mass is 19.1. The quantitative estimate of drug-likeness (QED) is 0.654. The van der Waals surface area contributed by atoms with Crippen molar-refractivity contribution in [1.82, 2.24) is 15.5 Å². The van der Waals surface area contributed by atoms with Gasteiger partial charge in [0.1, 0.15) is 17.9 Å². The van der Waals surface area contributed by atoms with E-state index in [1.807, 2.05) is 30.3 Å². The van der Waals surface area contributed by atoms with E-state index in [4.69, 9.17) is 4.74 Å². The topological polar surface area (TPSA) is 99.8 Å². The van der Waals surface area contributed by atoms with Crippen LogP contribution in [0.2, 0.25) is 0 Å². The Morgan fingerprint density at radius 2 is 1.87 bits per heavy atom. The lowest BCUT2D eigenvalue weighted by atomic mass is 10.1. The Morgan fingerprint density at radius 1 is 1.13 bits per heavy atom. The van der Waals surface area contributed by atoms with E-state index in [0.717, 1.165) is 5.56 Å². The van der Waals surface area contributed by atoms with Gasteiger partial charge < -0.3 is 25.6 Å². The number of piperazine rings is 1. The normalized spacial score (nSPS) is 22.6. The molecule has 3 atom stereocenters. The number of ether oxygens (including phenoxy) is 1. The number of carbonyl (C=O) groups is 3. The standard InChI is InChI=1S/C22H23FN4O4/c23-15-6-8-16(9-7-15)24-22(30)25-17-10-19-20(28)26-18(21(29)27(19)11-17)13-31-12-14-4-2-1-3-5-14/h1-9,17-19H,10-13H2,(H,26,28)(H2,24,25,30)/t17-,18-,19-/m0/s1. The number of urea groups is 1. The Labute approximate surface area is 178 Å². The third kappa shape index (κ3) is 5.00. The maximum absolute atomic E-state index is 13.0. The van der Waals surface area contributed by atoms with Crippen molar-refractivity contribution in [2.45, 2.75) is 31.2 Å². The molecular formula is C22H23FN4O4. The van der Waals surface area contributed by atoms with Crippen molar-refractivity contribution in [3.63, 3.8) is 0 Å². The van der Waals surface area contributed by atoms with Gasteiger partial charge in [-0.1, -0.05) is 30.3 Å². The smallest absolute Gasteiger partial charge is 0.319 e. The number of hydrogen-bond acceptors (Lipinski definition) is 4. The van der Waals surface area contributed by atoms with Gasteiger partial charge in [-0.3, -0.25) is 9.59 Å². The Balaban J connectivity index is 1.29. The molecule has 4 amide bonds. The number of anilines is 1. The molecular weight excluding hydrogens is 403 g/mol. The van der Waals surface area contributed by atoms with Crippen LogP contribution in [-0.2, 0) is 20.9 Å². The first-order valence-electron chi connectivity index (χ1n) is 10.1. The first-order chi connectivity index (χ1) is 15.0. The summed E-state index contributed by atoms with van der Waals surface area (Å²) in [6.45, 7) is 0.659. The SMILES string of the molecule is O=C(Nc1ccc(F)cc1)N[C@H]1C[C@H]2C(=O)N[C@@H](COCc3ccccc3)C(=O)N2C1. The van der Waals surface area contributed by atoms with Gasteiger partial charge in [-0.15, -0.1) is 0 Å². The van der Waals surface area contributed by atoms with Gasteiger partial charge in [0, 0.05) is 12.2 Å². The lowest BCUT2D eigenvalue weighted by Gasteiger charge is -2.34. The zero-order chi connectivity index (χ0) is 21.8. The molecule has 162 valence electrons. The lowest BCUT2D eigenvalue weighted by molar-refractivity contribution is -0.148. The summed E-state index contributed by atoms with van der Waals surface area (Å²) in [7, 11) is 0.